The third kappa shape index (κ3) is 4.30. The molecule has 0 saturated heterocycles. The highest BCUT2D eigenvalue weighted by molar-refractivity contribution is 7.99. The Morgan fingerprint density at radius 3 is 2.44 bits per heavy atom. The number of rotatable bonds is 8. The van der Waals surface area contributed by atoms with Gasteiger partial charge in [0.1, 0.15) is 0 Å². The number of nitrogens with zero attached hydrogens (tertiary/aromatic N) is 4. The predicted octanol–water partition coefficient (Wildman–Crippen LogP) is 1.23. The molecule has 1 aromatic heterocycles. The zero-order valence-corrected chi connectivity index (χ0v) is 12.0. The summed E-state index contributed by atoms with van der Waals surface area (Å²) in [4.78, 5) is 15.2. The molecular formula is C11H21N5OS. The quantitative estimate of drug-likeness (QED) is 0.689. The monoisotopic (exact) mass is 271 g/mol. The Kier molecular flexibility index (Phi) is 6.74. The first-order chi connectivity index (χ1) is 8.74. The van der Waals surface area contributed by atoms with Crippen molar-refractivity contribution >= 4 is 23.7 Å². The van der Waals surface area contributed by atoms with Gasteiger partial charge >= 0.3 is 0 Å². The topological polar surface area (TPSA) is 74.2 Å². The van der Waals surface area contributed by atoms with E-state index < -0.39 is 0 Å². The average Bonchev–Trinajstić information content (AvgIpc) is 2.38. The lowest BCUT2D eigenvalue weighted by atomic mass is 10.5. The van der Waals surface area contributed by atoms with Crippen molar-refractivity contribution in [3.63, 3.8) is 0 Å². The highest BCUT2D eigenvalue weighted by Crippen LogP contribution is 2.18. The second-order valence-corrected chi connectivity index (χ2v) is 4.58. The molecule has 0 unspecified atom stereocenters. The summed E-state index contributed by atoms with van der Waals surface area (Å²) in [5, 5.41) is 12.6. The molecule has 0 saturated carbocycles. The van der Waals surface area contributed by atoms with Crippen LogP contribution in [-0.4, -0.2) is 52.1 Å². The van der Waals surface area contributed by atoms with Gasteiger partial charge in [-0.2, -0.15) is 15.0 Å². The molecule has 0 aromatic carbocycles. The van der Waals surface area contributed by atoms with E-state index in [1.165, 1.54) is 11.8 Å². The fourth-order valence-corrected chi connectivity index (χ4v) is 2.00. The molecule has 0 radical (unpaired) electrons. The summed E-state index contributed by atoms with van der Waals surface area (Å²) in [6, 6.07) is 0. The van der Waals surface area contributed by atoms with E-state index >= 15 is 0 Å². The molecule has 0 spiro atoms. The molecule has 2 N–H and O–H groups in total. The van der Waals surface area contributed by atoms with Gasteiger partial charge in [-0.3, -0.25) is 0 Å². The lowest BCUT2D eigenvalue weighted by molar-refractivity contribution is 0.322. The van der Waals surface area contributed by atoms with Crippen LogP contribution in [0.3, 0.4) is 0 Å². The third-order valence-electron chi connectivity index (χ3n) is 2.31. The van der Waals surface area contributed by atoms with Gasteiger partial charge in [0.05, 0.1) is 6.61 Å². The van der Waals surface area contributed by atoms with Crippen molar-refractivity contribution in [3.05, 3.63) is 0 Å². The van der Waals surface area contributed by atoms with Gasteiger partial charge in [0.2, 0.25) is 11.9 Å². The Balaban J connectivity index is 2.96. The molecule has 7 heteroatoms. The van der Waals surface area contributed by atoms with Crippen LogP contribution in [0, 0.1) is 0 Å². The van der Waals surface area contributed by atoms with E-state index in [0.29, 0.717) is 22.8 Å². The van der Waals surface area contributed by atoms with E-state index in [2.05, 4.69) is 39.0 Å². The number of nitrogens with one attached hydrogen (secondary N) is 1. The number of anilines is 2. The van der Waals surface area contributed by atoms with Crippen molar-refractivity contribution in [3.8, 4) is 0 Å². The second kappa shape index (κ2) is 8.10. The molecule has 1 aromatic rings. The summed E-state index contributed by atoms with van der Waals surface area (Å²) in [6.07, 6.45) is 0. The summed E-state index contributed by atoms with van der Waals surface area (Å²) < 4.78 is 0. The normalized spacial score (nSPS) is 10.4. The molecule has 0 aliphatic heterocycles. The van der Waals surface area contributed by atoms with Crippen LogP contribution in [0.2, 0.25) is 0 Å². The number of thioether (sulfide) groups is 1. The first kappa shape index (κ1) is 15.0. The third-order valence-corrected chi connectivity index (χ3v) is 3.13. The molecule has 1 rings (SSSR count). The average molecular weight is 271 g/mol. The van der Waals surface area contributed by atoms with Crippen molar-refractivity contribution in [2.75, 3.05) is 42.2 Å². The summed E-state index contributed by atoms with van der Waals surface area (Å²) in [6.45, 7) is 8.74. The Labute approximate surface area is 112 Å². The van der Waals surface area contributed by atoms with Gasteiger partial charge in [0.25, 0.3) is 0 Å². The fourth-order valence-electron chi connectivity index (χ4n) is 1.43. The van der Waals surface area contributed by atoms with Crippen molar-refractivity contribution in [2.24, 2.45) is 0 Å². The lowest BCUT2D eigenvalue weighted by Crippen LogP contribution is -2.25. The van der Waals surface area contributed by atoms with Gasteiger partial charge < -0.3 is 15.3 Å². The van der Waals surface area contributed by atoms with Crippen LogP contribution in [0.5, 0.6) is 0 Å². The second-order valence-electron chi connectivity index (χ2n) is 3.52. The number of hydrogen-bond donors (Lipinski definition) is 2. The van der Waals surface area contributed by atoms with Gasteiger partial charge in [-0.1, -0.05) is 11.8 Å². The smallest absolute Gasteiger partial charge is 0.231 e. The van der Waals surface area contributed by atoms with Crippen LogP contribution < -0.4 is 10.2 Å². The number of aliphatic hydroxyl groups is 1. The van der Waals surface area contributed by atoms with E-state index in [1.54, 1.807) is 0 Å². The molecule has 6 nitrogen and oxygen atoms in total. The highest BCUT2D eigenvalue weighted by Gasteiger charge is 2.10. The van der Waals surface area contributed by atoms with Crippen LogP contribution in [0.4, 0.5) is 11.9 Å². The summed E-state index contributed by atoms with van der Waals surface area (Å²) in [5.74, 6) is 1.87. The molecule has 102 valence electrons. The first-order valence-corrected chi connectivity index (χ1v) is 7.22. The zero-order valence-electron chi connectivity index (χ0n) is 11.2. The molecule has 0 bridgehead atoms. The molecule has 0 aliphatic carbocycles. The van der Waals surface area contributed by atoms with Crippen molar-refractivity contribution in [2.45, 2.75) is 25.9 Å². The summed E-state index contributed by atoms with van der Waals surface area (Å²) in [5.41, 5.74) is 0. The molecule has 0 fully saturated rings. The van der Waals surface area contributed by atoms with Crippen molar-refractivity contribution in [1.82, 2.24) is 15.0 Å². The van der Waals surface area contributed by atoms with Crippen LogP contribution >= 0.6 is 11.8 Å². The molecule has 0 aliphatic rings. The van der Waals surface area contributed by atoms with Gasteiger partial charge in [-0.05, 0) is 20.8 Å². The Hall–Kier alpha value is -1.08. The largest absolute Gasteiger partial charge is 0.396 e. The molecule has 0 amide bonds. The Bertz CT molecular complexity index is 359. The maximum Gasteiger partial charge on any atom is 0.231 e. The standard InChI is InChI=1S/C11H21N5OS/c1-4-12-9-13-10(16(5-2)6-3)15-11(14-9)18-8-7-17/h17H,4-8H2,1-3H3,(H,12,13,14,15). The minimum absolute atomic E-state index is 0.119. The van der Waals surface area contributed by atoms with Crippen LogP contribution in [0.1, 0.15) is 20.8 Å². The van der Waals surface area contributed by atoms with Crippen molar-refractivity contribution < 1.29 is 5.11 Å². The van der Waals surface area contributed by atoms with E-state index in [9.17, 15) is 0 Å². The van der Waals surface area contributed by atoms with Gasteiger partial charge in [0, 0.05) is 25.4 Å². The first-order valence-electron chi connectivity index (χ1n) is 6.23. The van der Waals surface area contributed by atoms with Gasteiger partial charge in [-0.25, -0.2) is 0 Å². The summed E-state index contributed by atoms with van der Waals surface area (Å²) >= 11 is 1.43. The van der Waals surface area contributed by atoms with Crippen molar-refractivity contribution in [1.29, 1.82) is 0 Å². The highest BCUT2D eigenvalue weighted by atomic mass is 32.2. The van der Waals surface area contributed by atoms with E-state index in [-0.39, 0.29) is 6.61 Å². The van der Waals surface area contributed by atoms with E-state index in [1.807, 2.05) is 6.92 Å². The summed E-state index contributed by atoms with van der Waals surface area (Å²) in [7, 11) is 0. The zero-order chi connectivity index (χ0) is 13.4. The van der Waals surface area contributed by atoms with Gasteiger partial charge in [0.15, 0.2) is 5.16 Å². The SMILES string of the molecule is CCNc1nc(SCCO)nc(N(CC)CC)n1. The number of hydrogen-bond acceptors (Lipinski definition) is 7. The Morgan fingerprint density at radius 2 is 1.89 bits per heavy atom. The van der Waals surface area contributed by atoms with E-state index in [0.717, 1.165) is 19.6 Å². The molecule has 0 atom stereocenters. The van der Waals surface area contributed by atoms with Crippen LogP contribution in [0.15, 0.2) is 5.16 Å². The fraction of sp³-hybridized carbons (Fsp3) is 0.727. The molecule has 1 heterocycles. The van der Waals surface area contributed by atoms with Crippen LogP contribution in [-0.2, 0) is 0 Å². The minimum atomic E-state index is 0.119. The number of aliphatic hydroxyl groups excluding tert-OH is 1. The van der Waals surface area contributed by atoms with E-state index in [4.69, 9.17) is 5.11 Å². The minimum Gasteiger partial charge on any atom is -0.396 e. The van der Waals surface area contributed by atoms with Gasteiger partial charge in [-0.15, -0.1) is 0 Å². The lowest BCUT2D eigenvalue weighted by Gasteiger charge is -2.19. The Morgan fingerprint density at radius 1 is 1.17 bits per heavy atom. The maximum atomic E-state index is 8.85. The van der Waals surface area contributed by atoms with Crippen LogP contribution in [0.25, 0.3) is 0 Å². The maximum absolute atomic E-state index is 8.85. The molecular weight excluding hydrogens is 250 g/mol. The molecule has 18 heavy (non-hydrogen) atoms. The number of aromatic nitrogens is 3. The predicted molar refractivity (Wildman–Crippen MR) is 75.4 cm³/mol.